The standard InChI is InChI=1S/C14H18ClF3N2.ClH/c1-10-3-2-4-11(15)13(10)12(9-14(16,17)18)20-7-5-19-6-8-20;/h2-4,12,19H,5-9H2,1H3;1H/t12-;/m1./s1. The van der Waals surface area contributed by atoms with Gasteiger partial charge in [0, 0.05) is 37.2 Å². The molecule has 0 amide bonds. The maximum atomic E-state index is 12.9. The first-order valence-corrected chi connectivity index (χ1v) is 7.03. The molecule has 1 saturated heterocycles. The summed E-state index contributed by atoms with van der Waals surface area (Å²) in [4.78, 5) is 1.87. The molecule has 0 aromatic heterocycles. The summed E-state index contributed by atoms with van der Waals surface area (Å²) in [7, 11) is 0. The van der Waals surface area contributed by atoms with Crippen molar-refractivity contribution in [1.29, 1.82) is 0 Å². The van der Waals surface area contributed by atoms with Gasteiger partial charge in [-0.25, -0.2) is 0 Å². The molecule has 7 heteroatoms. The molecule has 2 rings (SSSR count). The van der Waals surface area contributed by atoms with Gasteiger partial charge in [0.2, 0.25) is 0 Å². The number of halogens is 5. The molecule has 1 atom stereocenters. The fourth-order valence-electron chi connectivity index (χ4n) is 2.69. The maximum absolute atomic E-state index is 12.9. The molecule has 1 aliphatic heterocycles. The number of aryl methyl sites for hydroxylation is 1. The molecule has 21 heavy (non-hydrogen) atoms. The molecule has 1 aromatic rings. The van der Waals surface area contributed by atoms with Gasteiger partial charge in [0.15, 0.2) is 0 Å². The van der Waals surface area contributed by atoms with Crippen molar-refractivity contribution in [2.45, 2.75) is 25.6 Å². The van der Waals surface area contributed by atoms with Gasteiger partial charge in [-0.05, 0) is 24.1 Å². The molecule has 120 valence electrons. The average Bonchev–Trinajstić information content (AvgIpc) is 2.37. The van der Waals surface area contributed by atoms with Gasteiger partial charge in [0.1, 0.15) is 0 Å². The van der Waals surface area contributed by atoms with Gasteiger partial charge in [-0.15, -0.1) is 12.4 Å². The Balaban J connectivity index is 0.00000220. The van der Waals surface area contributed by atoms with Crippen LogP contribution in [0, 0.1) is 6.92 Å². The summed E-state index contributed by atoms with van der Waals surface area (Å²) in [6, 6.07) is 4.54. The minimum Gasteiger partial charge on any atom is -0.314 e. The molecule has 1 N–H and O–H groups in total. The van der Waals surface area contributed by atoms with Gasteiger partial charge in [-0.1, -0.05) is 23.7 Å². The first kappa shape index (κ1) is 18.6. The number of nitrogens with one attached hydrogen (secondary N) is 1. The Morgan fingerprint density at radius 2 is 1.90 bits per heavy atom. The van der Waals surface area contributed by atoms with Crippen LogP contribution in [0.5, 0.6) is 0 Å². The second-order valence-electron chi connectivity index (χ2n) is 5.09. The van der Waals surface area contributed by atoms with E-state index in [1.165, 1.54) is 0 Å². The largest absolute Gasteiger partial charge is 0.390 e. The summed E-state index contributed by atoms with van der Waals surface area (Å²) in [6.45, 7) is 4.43. The van der Waals surface area contributed by atoms with Crippen LogP contribution in [-0.4, -0.2) is 37.3 Å². The Kier molecular flexibility index (Phi) is 6.78. The highest BCUT2D eigenvalue weighted by Crippen LogP contribution is 2.38. The predicted octanol–water partition coefficient (Wildman–Crippen LogP) is 3.97. The zero-order valence-electron chi connectivity index (χ0n) is 11.7. The van der Waals surface area contributed by atoms with Crippen LogP contribution in [0.1, 0.15) is 23.6 Å². The van der Waals surface area contributed by atoms with Crippen LogP contribution < -0.4 is 5.32 Å². The van der Waals surface area contributed by atoms with E-state index in [4.69, 9.17) is 11.6 Å². The lowest BCUT2D eigenvalue weighted by Crippen LogP contribution is -2.46. The predicted molar refractivity (Wildman–Crippen MR) is 81.3 cm³/mol. The minimum absolute atomic E-state index is 0. The summed E-state index contributed by atoms with van der Waals surface area (Å²) in [5.41, 5.74) is 1.42. The highest BCUT2D eigenvalue weighted by Gasteiger charge is 2.37. The van der Waals surface area contributed by atoms with Gasteiger partial charge in [0.25, 0.3) is 0 Å². The maximum Gasteiger partial charge on any atom is 0.390 e. The third-order valence-electron chi connectivity index (χ3n) is 3.62. The van der Waals surface area contributed by atoms with Crippen LogP contribution in [0.4, 0.5) is 13.2 Å². The van der Waals surface area contributed by atoms with E-state index in [2.05, 4.69) is 5.32 Å². The third kappa shape index (κ3) is 5.02. The van der Waals surface area contributed by atoms with Crippen molar-refractivity contribution in [3.8, 4) is 0 Å². The first-order chi connectivity index (χ1) is 9.38. The van der Waals surface area contributed by atoms with Crippen molar-refractivity contribution in [2.24, 2.45) is 0 Å². The Bertz CT molecular complexity index is 440. The molecule has 0 aliphatic carbocycles. The first-order valence-electron chi connectivity index (χ1n) is 6.65. The molecule has 2 nitrogen and oxygen atoms in total. The summed E-state index contributed by atoms with van der Waals surface area (Å²) >= 11 is 6.16. The van der Waals surface area contributed by atoms with Crippen LogP contribution >= 0.6 is 24.0 Å². The highest BCUT2D eigenvalue weighted by molar-refractivity contribution is 6.31. The van der Waals surface area contributed by atoms with Crippen molar-refractivity contribution in [2.75, 3.05) is 26.2 Å². The molecule has 0 unspecified atom stereocenters. The molecule has 1 fully saturated rings. The van der Waals surface area contributed by atoms with Crippen LogP contribution in [0.15, 0.2) is 18.2 Å². The number of nitrogens with zero attached hydrogens (tertiary/aromatic N) is 1. The summed E-state index contributed by atoms with van der Waals surface area (Å²) in [6.07, 6.45) is -5.07. The summed E-state index contributed by atoms with van der Waals surface area (Å²) in [5.74, 6) is 0. The lowest BCUT2D eigenvalue weighted by atomic mass is 9.96. The molecule has 1 aromatic carbocycles. The van der Waals surface area contributed by atoms with Gasteiger partial charge >= 0.3 is 6.18 Å². The molecule has 1 aliphatic rings. The zero-order valence-corrected chi connectivity index (χ0v) is 13.3. The Labute approximate surface area is 134 Å². The van der Waals surface area contributed by atoms with Gasteiger partial charge in [-0.2, -0.15) is 13.2 Å². The topological polar surface area (TPSA) is 15.3 Å². The number of rotatable bonds is 3. The fourth-order valence-corrected chi connectivity index (χ4v) is 3.04. The Morgan fingerprint density at radius 1 is 1.29 bits per heavy atom. The van der Waals surface area contributed by atoms with E-state index in [1.54, 1.807) is 12.1 Å². The Hall–Kier alpha value is -0.490. The van der Waals surface area contributed by atoms with Crippen molar-refractivity contribution < 1.29 is 13.2 Å². The monoisotopic (exact) mass is 342 g/mol. The van der Waals surface area contributed by atoms with Gasteiger partial charge < -0.3 is 5.32 Å². The van der Waals surface area contributed by atoms with Crippen LogP contribution in [-0.2, 0) is 0 Å². The normalized spacial score (nSPS) is 18.1. The van der Waals surface area contributed by atoms with E-state index in [0.29, 0.717) is 36.8 Å². The van der Waals surface area contributed by atoms with Crippen molar-refractivity contribution in [1.82, 2.24) is 10.2 Å². The second-order valence-corrected chi connectivity index (χ2v) is 5.50. The lowest BCUT2D eigenvalue weighted by molar-refractivity contribution is -0.148. The quantitative estimate of drug-likeness (QED) is 0.894. The van der Waals surface area contributed by atoms with E-state index in [0.717, 1.165) is 5.56 Å². The zero-order chi connectivity index (χ0) is 14.8. The number of hydrogen-bond acceptors (Lipinski definition) is 2. The molecule has 0 bridgehead atoms. The smallest absolute Gasteiger partial charge is 0.314 e. The van der Waals surface area contributed by atoms with Crippen molar-refractivity contribution in [3.63, 3.8) is 0 Å². The van der Waals surface area contributed by atoms with Crippen molar-refractivity contribution in [3.05, 3.63) is 34.3 Å². The van der Waals surface area contributed by atoms with Crippen molar-refractivity contribution >= 4 is 24.0 Å². The second kappa shape index (κ2) is 7.68. The molecule has 1 heterocycles. The highest BCUT2D eigenvalue weighted by atomic mass is 35.5. The van der Waals surface area contributed by atoms with E-state index < -0.39 is 18.6 Å². The van der Waals surface area contributed by atoms with Crippen LogP contribution in [0.25, 0.3) is 0 Å². The summed E-state index contributed by atoms with van der Waals surface area (Å²) < 4.78 is 38.8. The number of piperazine rings is 1. The van der Waals surface area contributed by atoms with E-state index in [1.807, 2.05) is 17.9 Å². The van der Waals surface area contributed by atoms with Gasteiger partial charge in [-0.3, -0.25) is 4.90 Å². The number of alkyl halides is 3. The van der Waals surface area contributed by atoms with Crippen LogP contribution in [0.3, 0.4) is 0 Å². The number of benzene rings is 1. The molecule has 0 spiro atoms. The number of hydrogen-bond donors (Lipinski definition) is 1. The van der Waals surface area contributed by atoms with E-state index in [9.17, 15) is 13.2 Å². The van der Waals surface area contributed by atoms with Gasteiger partial charge in [0.05, 0.1) is 6.42 Å². The lowest BCUT2D eigenvalue weighted by Gasteiger charge is -2.36. The molecular weight excluding hydrogens is 324 g/mol. The van der Waals surface area contributed by atoms with E-state index >= 15 is 0 Å². The Morgan fingerprint density at radius 3 is 2.43 bits per heavy atom. The average molecular weight is 343 g/mol. The van der Waals surface area contributed by atoms with Crippen LogP contribution in [0.2, 0.25) is 5.02 Å². The van der Waals surface area contributed by atoms with E-state index in [-0.39, 0.29) is 12.4 Å². The third-order valence-corrected chi connectivity index (χ3v) is 3.95. The minimum atomic E-state index is -4.21. The fraction of sp³-hybridized carbons (Fsp3) is 0.571. The summed E-state index contributed by atoms with van der Waals surface area (Å²) in [5, 5.41) is 3.57. The molecular formula is C14H19Cl2F3N2. The SMILES string of the molecule is Cc1cccc(Cl)c1[C@@H](CC(F)(F)F)N1CCNCC1.Cl. The molecule has 0 saturated carbocycles. The molecule has 0 radical (unpaired) electrons.